The van der Waals surface area contributed by atoms with Crippen molar-refractivity contribution < 1.29 is 31.5 Å². The van der Waals surface area contributed by atoms with E-state index in [1.54, 1.807) is 29.2 Å². The molecule has 5 heterocycles. The Hall–Kier alpha value is -4.83. The number of aromatic nitrogens is 3. The number of likely N-dealkylation sites (tertiary alicyclic amines) is 1. The van der Waals surface area contributed by atoms with Gasteiger partial charge in [-0.25, -0.2) is 22.0 Å². The van der Waals surface area contributed by atoms with Gasteiger partial charge in [-0.3, -0.25) is 14.7 Å². The molecule has 8 nitrogen and oxygen atoms in total. The second-order valence-corrected chi connectivity index (χ2v) is 13.9. The Balaban J connectivity index is 0.000000258. The fourth-order valence-electron chi connectivity index (χ4n) is 8.29. The minimum Gasteiger partial charge on any atom is -0.467 e. The Labute approximate surface area is 292 Å². The summed E-state index contributed by atoms with van der Waals surface area (Å²) < 4.78 is 74.9. The zero-order valence-corrected chi connectivity index (χ0v) is 28.5. The van der Waals surface area contributed by atoms with Crippen molar-refractivity contribution in [1.29, 1.82) is 0 Å². The summed E-state index contributed by atoms with van der Waals surface area (Å²) in [5, 5.41) is 1.43. The topological polar surface area (TPSA) is 74.7 Å². The largest absolute Gasteiger partial charge is 0.467 e. The zero-order valence-electron chi connectivity index (χ0n) is 28.5. The van der Waals surface area contributed by atoms with E-state index in [4.69, 9.17) is 11.2 Å². The van der Waals surface area contributed by atoms with Gasteiger partial charge in [-0.15, -0.1) is 6.42 Å². The molecule has 2 aromatic carbocycles. The Morgan fingerprint density at radius 3 is 2.65 bits per heavy atom. The zero-order chi connectivity index (χ0) is 36.4. The first kappa shape index (κ1) is 34.6. The van der Waals surface area contributed by atoms with E-state index in [1.165, 1.54) is 25.4 Å². The summed E-state index contributed by atoms with van der Waals surface area (Å²) in [7, 11) is 3.24. The van der Waals surface area contributed by atoms with E-state index in [0.717, 1.165) is 0 Å². The molecule has 4 unspecified atom stereocenters. The minimum absolute atomic E-state index is 0.00374. The molecule has 1 spiro atoms. The van der Waals surface area contributed by atoms with Crippen LogP contribution in [0.15, 0.2) is 49.2 Å². The summed E-state index contributed by atoms with van der Waals surface area (Å²) in [4.78, 5) is 31.1. The third-order valence-electron chi connectivity index (χ3n) is 11.0. The van der Waals surface area contributed by atoms with Gasteiger partial charge in [0.05, 0.1) is 29.5 Å². The number of terminal acetylenes is 1. The van der Waals surface area contributed by atoms with Crippen molar-refractivity contribution in [3.63, 3.8) is 0 Å². The van der Waals surface area contributed by atoms with Crippen LogP contribution in [0.5, 0.6) is 6.01 Å². The van der Waals surface area contributed by atoms with Gasteiger partial charge < -0.3 is 14.5 Å². The number of alkyl halides is 3. The predicted octanol–water partition coefficient (Wildman–Crippen LogP) is 6.55. The third kappa shape index (κ3) is 5.73. The van der Waals surface area contributed by atoms with Gasteiger partial charge in [0.1, 0.15) is 29.0 Å². The number of anilines is 1. The van der Waals surface area contributed by atoms with Gasteiger partial charge in [-0.05, 0) is 43.7 Å². The van der Waals surface area contributed by atoms with E-state index in [0.29, 0.717) is 66.4 Å². The van der Waals surface area contributed by atoms with Crippen molar-refractivity contribution >= 4 is 33.4 Å². The van der Waals surface area contributed by atoms with Crippen molar-refractivity contribution in [2.24, 2.45) is 5.41 Å². The molecular formula is C38H37F5N6O2. The van der Waals surface area contributed by atoms with Crippen LogP contribution in [0.4, 0.5) is 27.8 Å². The number of pyridine rings is 1. The number of amides is 1. The highest BCUT2D eigenvalue weighted by Gasteiger charge is 2.74. The summed E-state index contributed by atoms with van der Waals surface area (Å²) in [6, 6.07) is 7.90. The first-order valence-electron chi connectivity index (χ1n) is 16.8. The Bertz CT molecular complexity index is 2090. The maximum absolute atomic E-state index is 16.2. The van der Waals surface area contributed by atoms with E-state index >= 15 is 4.39 Å². The van der Waals surface area contributed by atoms with Gasteiger partial charge in [-0.2, -0.15) is 9.97 Å². The van der Waals surface area contributed by atoms with Crippen molar-refractivity contribution in [3.8, 4) is 29.6 Å². The van der Waals surface area contributed by atoms with E-state index in [2.05, 4.69) is 27.5 Å². The van der Waals surface area contributed by atoms with Crippen LogP contribution in [0.1, 0.15) is 38.2 Å². The van der Waals surface area contributed by atoms with E-state index in [-0.39, 0.29) is 53.2 Å². The van der Waals surface area contributed by atoms with Crippen LogP contribution < -0.4 is 9.64 Å². The number of halogens is 5. The molecule has 2 aromatic heterocycles. The number of ether oxygens (including phenoxy) is 1. The molecule has 0 radical (unpaired) electrons. The monoisotopic (exact) mass is 704 g/mol. The van der Waals surface area contributed by atoms with Crippen molar-refractivity contribution in [1.82, 2.24) is 24.8 Å². The molecule has 8 rings (SSSR count). The van der Waals surface area contributed by atoms with E-state index in [1.807, 2.05) is 23.8 Å². The summed E-state index contributed by atoms with van der Waals surface area (Å²) >= 11 is 0. The standard InChI is InChI=1S/C29H25F2N5O2.C9H12F3N/c1-6-18-21(30)12-11-17-9-8-10-19(24(17)18)26-25(31)27-20(15-32-26)28(34-29(33-27)38-5)35(4)22-13-14-36(16(22)3)23(37)7-2;10-6-1-7-2-8(4-9(8,11)12)5-13(7)3-6/h1,7-12,15-16,22H,2,13-14H2,3-5H3;6-7H,1-5H2/t16-,22?;/m1./s1. The van der Waals surface area contributed by atoms with Crippen molar-refractivity contribution in [2.45, 2.75) is 62.8 Å². The quantitative estimate of drug-likeness (QED) is 0.133. The van der Waals surface area contributed by atoms with Crippen LogP contribution in [0.25, 0.3) is 32.9 Å². The number of nitrogens with zero attached hydrogens (tertiary/aromatic N) is 6. The molecule has 1 amide bonds. The highest BCUT2D eigenvalue weighted by molar-refractivity contribution is 6.02. The van der Waals surface area contributed by atoms with Crippen LogP contribution in [0.2, 0.25) is 0 Å². The number of fused-ring (bicyclic) bond motifs is 3. The summed E-state index contributed by atoms with van der Waals surface area (Å²) in [5.41, 5.74) is -0.378. The fraction of sp³-hybridized carbons (Fsp3) is 0.421. The maximum Gasteiger partial charge on any atom is 0.318 e. The molecule has 0 N–H and O–H groups in total. The lowest BCUT2D eigenvalue weighted by Crippen LogP contribution is -2.43. The number of carbonyl (C=O) groups is 1. The second kappa shape index (κ2) is 12.7. The minimum atomic E-state index is -2.46. The lowest BCUT2D eigenvalue weighted by molar-refractivity contribution is -0.126. The number of methoxy groups -OCH3 is 1. The van der Waals surface area contributed by atoms with Crippen molar-refractivity contribution in [2.75, 3.05) is 38.7 Å². The molecule has 5 atom stereocenters. The number of hydrogen-bond acceptors (Lipinski definition) is 7. The molecule has 51 heavy (non-hydrogen) atoms. The van der Waals surface area contributed by atoms with Crippen LogP contribution in [-0.4, -0.2) is 94.7 Å². The average molecular weight is 705 g/mol. The number of benzene rings is 2. The van der Waals surface area contributed by atoms with Gasteiger partial charge in [0.25, 0.3) is 5.92 Å². The maximum atomic E-state index is 16.2. The molecule has 0 bridgehead atoms. The molecule has 4 fully saturated rings. The lowest BCUT2D eigenvalue weighted by Gasteiger charge is -2.31. The number of carbonyl (C=O) groups excluding carboxylic acids is 1. The fourth-order valence-corrected chi connectivity index (χ4v) is 8.29. The molecule has 266 valence electrons. The van der Waals surface area contributed by atoms with E-state index in [9.17, 15) is 22.4 Å². The average Bonchev–Trinajstić information content (AvgIpc) is 3.46. The Kier molecular flexibility index (Phi) is 8.65. The summed E-state index contributed by atoms with van der Waals surface area (Å²) in [6.07, 6.45) is 9.34. The molecule has 13 heteroatoms. The molecule has 4 aromatic rings. The summed E-state index contributed by atoms with van der Waals surface area (Å²) in [6.45, 7) is 6.90. The second-order valence-electron chi connectivity index (χ2n) is 13.9. The Morgan fingerprint density at radius 1 is 1.22 bits per heavy atom. The molecule has 3 saturated heterocycles. The van der Waals surface area contributed by atoms with Crippen molar-refractivity contribution in [3.05, 3.63) is 66.4 Å². The predicted molar refractivity (Wildman–Crippen MR) is 184 cm³/mol. The highest BCUT2D eigenvalue weighted by Crippen LogP contribution is 2.67. The van der Waals surface area contributed by atoms with Gasteiger partial charge in [0, 0.05) is 62.3 Å². The van der Waals surface area contributed by atoms with Gasteiger partial charge in [-0.1, -0.05) is 36.8 Å². The highest BCUT2D eigenvalue weighted by atomic mass is 19.3. The number of likely N-dealkylation sites (N-methyl/N-ethyl adjacent to an activating group) is 1. The van der Waals surface area contributed by atoms with Crippen LogP contribution in [0, 0.1) is 29.4 Å². The molecule has 4 aliphatic rings. The molecule has 3 aliphatic heterocycles. The lowest BCUT2D eigenvalue weighted by atomic mass is 9.96. The smallest absolute Gasteiger partial charge is 0.318 e. The van der Waals surface area contributed by atoms with E-state index < -0.39 is 29.1 Å². The molecule has 1 saturated carbocycles. The van der Waals surface area contributed by atoms with Gasteiger partial charge in [0.15, 0.2) is 5.82 Å². The first-order valence-corrected chi connectivity index (χ1v) is 16.8. The normalized spacial score (nSPS) is 26.1. The number of rotatable bonds is 5. The van der Waals surface area contributed by atoms with Gasteiger partial charge >= 0.3 is 6.01 Å². The van der Waals surface area contributed by atoms with Gasteiger partial charge in [0.2, 0.25) is 5.91 Å². The van der Waals surface area contributed by atoms with Crippen LogP contribution >= 0.6 is 0 Å². The SMILES string of the molecule is C#Cc1c(F)ccc2cccc(-c3ncc4c(N(C)C5CCN(C(=O)C=C)[C@@H]5C)nc(OC)nc4c3F)c12.FC1CC2CC3(CN2C1)CC3(F)F. The first-order chi connectivity index (χ1) is 24.3. The Morgan fingerprint density at radius 2 is 1.98 bits per heavy atom. The number of hydrogen-bond donors (Lipinski definition) is 0. The third-order valence-corrected chi connectivity index (χ3v) is 11.0. The van der Waals surface area contributed by atoms with Crippen LogP contribution in [-0.2, 0) is 4.79 Å². The molecular weight excluding hydrogens is 667 g/mol. The summed E-state index contributed by atoms with van der Waals surface area (Å²) in [5.74, 6) is -1.07. The molecule has 1 aliphatic carbocycles. The van der Waals surface area contributed by atoms with Crippen LogP contribution in [0.3, 0.4) is 0 Å².